The number of fused-ring (bicyclic) bond motifs is 1. The minimum atomic E-state index is -0.589. The van der Waals surface area contributed by atoms with E-state index in [1.807, 2.05) is 31.2 Å². The van der Waals surface area contributed by atoms with Gasteiger partial charge in [-0.15, -0.1) is 0 Å². The maximum Gasteiger partial charge on any atom is 0.357 e. The molecule has 1 aromatic carbocycles. The summed E-state index contributed by atoms with van der Waals surface area (Å²) in [5.41, 5.74) is 2.23. The second kappa shape index (κ2) is 5.97. The van der Waals surface area contributed by atoms with Crippen LogP contribution in [-0.2, 0) is 16.0 Å². The van der Waals surface area contributed by atoms with Crippen LogP contribution in [-0.4, -0.2) is 29.5 Å². The van der Waals surface area contributed by atoms with Gasteiger partial charge in [0, 0.05) is 17.9 Å². The molecule has 2 aromatic rings. The number of hydrogen-bond acceptors (Lipinski definition) is 4. The molecule has 1 amide bonds. The molecule has 0 bridgehead atoms. The maximum atomic E-state index is 12.4. The van der Waals surface area contributed by atoms with Crippen LogP contribution in [0.4, 0.5) is 5.69 Å². The third kappa shape index (κ3) is 2.70. The average Bonchev–Trinajstić information content (AvgIpc) is 2.89. The predicted molar refractivity (Wildman–Crippen MR) is 81.6 cm³/mol. The molecular formula is C17H16N2O3. The standard InChI is InChI=1S/C17H16N2O3/c1-12-10-13-6-2-3-8-15(13)19(12)16(20)11-22-17(21)14-7-4-5-9-18-14/h2-9,12H,10-11H2,1H3/t12-/m0/s1. The van der Waals surface area contributed by atoms with E-state index in [0.717, 1.165) is 17.7 Å². The van der Waals surface area contributed by atoms with E-state index >= 15 is 0 Å². The lowest BCUT2D eigenvalue weighted by molar-refractivity contribution is -0.122. The lowest BCUT2D eigenvalue weighted by Gasteiger charge is -2.22. The van der Waals surface area contributed by atoms with Crippen LogP contribution < -0.4 is 4.90 Å². The van der Waals surface area contributed by atoms with Gasteiger partial charge in [0.2, 0.25) is 0 Å². The highest BCUT2D eigenvalue weighted by atomic mass is 16.5. The Kier molecular flexibility index (Phi) is 3.87. The summed E-state index contributed by atoms with van der Waals surface area (Å²) in [6, 6.07) is 12.8. The Hall–Kier alpha value is -2.69. The van der Waals surface area contributed by atoms with Crippen molar-refractivity contribution in [3.05, 3.63) is 59.9 Å². The van der Waals surface area contributed by atoms with Gasteiger partial charge in [-0.1, -0.05) is 24.3 Å². The third-order valence-electron chi connectivity index (χ3n) is 3.68. The van der Waals surface area contributed by atoms with Crippen LogP contribution in [0.25, 0.3) is 0 Å². The van der Waals surface area contributed by atoms with Crippen LogP contribution in [0.15, 0.2) is 48.7 Å². The van der Waals surface area contributed by atoms with Gasteiger partial charge in [-0.25, -0.2) is 9.78 Å². The minimum Gasteiger partial charge on any atom is -0.451 e. The molecule has 2 heterocycles. The largest absolute Gasteiger partial charge is 0.451 e. The highest BCUT2D eigenvalue weighted by Crippen LogP contribution is 2.31. The van der Waals surface area contributed by atoms with Crippen LogP contribution in [0.3, 0.4) is 0 Å². The van der Waals surface area contributed by atoms with E-state index in [2.05, 4.69) is 4.98 Å². The van der Waals surface area contributed by atoms with Gasteiger partial charge in [-0.2, -0.15) is 0 Å². The molecule has 3 rings (SSSR count). The van der Waals surface area contributed by atoms with Crippen LogP contribution >= 0.6 is 0 Å². The topological polar surface area (TPSA) is 59.5 Å². The van der Waals surface area contributed by atoms with Gasteiger partial charge in [0.05, 0.1) is 0 Å². The molecule has 0 fully saturated rings. The van der Waals surface area contributed by atoms with E-state index in [4.69, 9.17) is 4.74 Å². The van der Waals surface area contributed by atoms with Gasteiger partial charge in [0.25, 0.3) is 5.91 Å². The SMILES string of the molecule is C[C@H]1Cc2ccccc2N1C(=O)COC(=O)c1ccccn1. The van der Waals surface area contributed by atoms with Gasteiger partial charge in [-0.3, -0.25) is 4.79 Å². The first kappa shape index (κ1) is 14.3. The highest BCUT2D eigenvalue weighted by molar-refractivity contribution is 5.98. The quantitative estimate of drug-likeness (QED) is 0.815. The molecule has 0 unspecified atom stereocenters. The van der Waals surface area contributed by atoms with Crippen molar-refractivity contribution in [3.63, 3.8) is 0 Å². The fourth-order valence-electron chi connectivity index (χ4n) is 2.70. The van der Waals surface area contributed by atoms with Crippen molar-refractivity contribution in [1.82, 2.24) is 4.98 Å². The Balaban J connectivity index is 1.67. The summed E-state index contributed by atoms with van der Waals surface area (Å²) in [6.07, 6.45) is 2.33. The number of hydrogen-bond donors (Lipinski definition) is 0. The molecule has 112 valence electrons. The molecule has 0 spiro atoms. The summed E-state index contributed by atoms with van der Waals surface area (Å²) in [4.78, 5) is 29.8. The van der Waals surface area contributed by atoms with Crippen molar-refractivity contribution in [2.45, 2.75) is 19.4 Å². The van der Waals surface area contributed by atoms with Crippen LogP contribution in [0, 0.1) is 0 Å². The molecule has 0 radical (unpaired) electrons. The van der Waals surface area contributed by atoms with Crippen molar-refractivity contribution in [3.8, 4) is 0 Å². The molecule has 0 saturated heterocycles. The summed E-state index contributed by atoms with van der Waals surface area (Å²) in [5, 5.41) is 0. The second-order valence-electron chi connectivity index (χ2n) is 5.24. The molecule has 22 heavy (non-hydrogen) atoms. The van der Waals surface area contributed by atoms with Crippen molar-refractivity contribution in [2.24, 2.45) is 0 Å². The van der Waals surface area contributed by atoms with Crippen molar-refractivity contribution >= 4 is 17.6 Å². The van der Waals surface area contributed by atoms with Crippen molar-refractivity contribution < 1.29 is 14.3 Å². The number of anilines is 1. The zero-order valence-corrected chi connectivity index (χ0v) is 12.2. The van der Waals surface area contributed by atoms with Gasteiger partial charge >= 0.3 is 5.97 Å². The molecule has 1 aromatic heterocycles. The Labute approximate surface area is 128 Å². The van der Waals surface area contributed by atoms with E-state index < -0.39 is 5.97 Å². The maximum absolute atomic E-state index is 12.4. The van der Waals surface area contributed by atoms with Crippen LogP contribution in [0.2, 0.25) is 0 Å². The van der Waals surface area contributed by atoms with Crippen LogP contribution in [0.5, 0.6) is 0 Å². The van der Waals surface area contributed by atoms with E-state index in [1.54, 1.807) is 23.1 Å². The zero-order chi connectivity index (χ0) is 15.5. The number of carbonyl (C=O) groups is 2. The molecule has 5 nitrogen and oxygen atoms in total. The summed E-state index contributed by atoms with van der Waals surface area (Å²) in [7, 11) is 0. The number of para-hydroxylation sites is 1. The van der Waals surface area contributed by atoms with Crippen molar-refractivity contribution in [2.75, 3.05) is 11.5 Å². The molecule has 0 saturated carbocycles. The number of rotatable bonds is 3. The average molecular weight is 296 g/mol. The molecule has 1 aliphatic heterocycles. The number of ether oxygens (including phenoxy) is 1. The van der Waals surface area contributed by atoms with E-state index in [0.29, 0.717) is 0 Å². The number of esters is 1. The number of amides is 1. The zero-order valence-electron chi connectivity index (χ0n) is 12.2. The number of benzene rings is 1. The number of pyridine rings is 1. The molecule has 0 aliphatic carbocycles. The van der Waals surface area contributed by atoms with Gasteiger partial charge in [0.15, 0.2) is 6.61 Å². The summed E-state index contributed by atoms with van der Waals surface area (Å²) < 4.78 is 5.07. The number of carbonyl (C=O) groups excluding carboxylic acids is 2. The first-order valence-corrected chi connectivity index (χ1v) is 7.15. The van der Waals surface area contributed by atoms with Gasteiger partial charge in [0.1, 0.15) is 5.69 Å². The second-order valence-corrected chi connectivity index (χ2v) is 5.24. The first-order valence-electron chi connectivity index (χ1n) is 7.15. The molecule has 0 N–H and O–H groups in total. The van der Waals surface area contributed by atoms with E-state index in [1.165, 1.54) is 6.20 Å². The smallest absolute Gasteiger partial charge is 0.357 e. The lowest BCUT2D eigenvalue weighted by atomic mass is 10.1. The molecule has 1 atom stereocenters. The lowest BCUT2D eigenvalue weighted by Crippen LogP contribution is -2.38. The van der Waals surface area contributed by atoms with Gasteiger partial charge < -0.3 is 9.64 Å². The van der Waals surface area contributed by atoms with Gasteiger partial charge in [-0.05, 0) is 37.1 Å². The fourth-order valence-corrected chi connectivity index (χ4v) is 2.70. The summed E-state index contributed by atoms with van der Waals surface area (Å²) >= 11 is 0. The Morgan fingerprint density at radius 1 is 1.23 bits per heavy atom. The monoisotopic (exact) mass is 296 g/mol. The summed E-state index contributed by atoms with van der Waals surface area (Å²) in [6.45, 7) is 1.70. The highest BCUT2D eigenvalue weighted by Gasteiger charge is 2.31. The van der Waals surface area contributed by atoms with E-state index in [9.17, 15) is 9.59 Å². The number of aromatic nitrogens is 1. The third-order valence-corrected chi connectivity index (χ3v) is 3.68. The Bertz CT molecular complexity index is 700. The Morgan fingerprint density at radius 3 is 2.77 bits per heavy atom. The molecule has 5 heteroatoms. The van der Waals surface area contributed by atoms with Crippen molar-refractivity contribution in [1.29, 1.82) is 0 Å². The number of nitrogens with zero attached hydrogens (tertiary/aromatic N) is 2. The summed E-state index contributed by atoms with van der Waals surface area (Å²) in [5.74, 6) is -0.809. The van der Waals surface area contributed by atoms with Crippen LogP contribution in [0.1, 0.15) is 23.0 Å². The molecular weight excluding hydrogens is 280 g/mol. The normalized spacial score (nSPS) is 16.2. The van der Waals surface area contributed by atoms with E-state index in [-0.39, 0.29) is 24.2 Å². The fraction of sp³-hybridized carbons (Fsp3) is 0.235. The first-order chi connectivity index (χ1) is 10.7. The molecule has 1 aliphatic rings. The Morgan fingerprint density at radius 2 is 2.00 bits per heavy atom. The predicted octanol–water partition coefficient (Wildman–Crippen LogP) is 2.22. The minimum absolute atomic E-state index is 0.0680.